The van der Waals surface area contributed by atoms with E-state index in [9.17, 15) is 14.4 Å². The molecule has 1 N–H and O–H groups in total. The van der Waals surface area contributed by atoms with Crippen LogP contribution in [0.25, 0.3) is 0 Å². The molecule has 5 aliphatic carbocycles. The van der Waals surface area contributed by atoms with Crippen LogP contribution in [0, 0.1) is 35.0 Å². The summed E-state index contributed by atoms with van der Waals surface area (Å²) in [4.78, 5) is 40.2. The Morgan fingerprint density at radius 2 is 1.48 bits per heavy atom. The van der Waals surface area contributed by atoms with E-state index in [0.717, 1.165) is 49.8 Å². The topological polar surface area (TPSA) is 105 Å². The number of fused-ring (bicyclic) bond motifs is 1. The molecule has 0 aromatic carbocycles. The molecular formula is C21H26N4O4. The maximum Gasteiger partial charge on any atom is 0.239 e. The summed E-state index contributed by atoms with van der Waals surface area (Å²) in [6.07, 6.45) is 9.92. The third kappa shape index (κ3) is 2.53. The van der Waals surface area contributed by atoms with Crippen LogP contribution in [-0.2, 0) is 14.4 Å². The predicted octanol–water partition coefficient (Wildman–Crippen LogP) is 2.90. The molecule has 29 heavy (non-hydrogen) atoms. The number of nitrogens with zero attached hydrogens (tertiary/aromatic N) is 3. The van der Waals surface area contributed by atoms with Gasteiger partial charge in [0.05, 0.1) is 17.3 Å². The van der Waals surface area contributed by atoms with Crippen LogP contribution < -0.4 is 10.2 Å². The summed E-state index contributed by atoms with van der Waals surface area (Å²) in [7, 11) is 0. The van der Waals surface area contributed by atoms with E-state index in [0.29, 0.717) is 17.8 Å². The Labute approximate surface area is 168 Å². The molecule has 1 saturated heterocycles. The van der Waals surface area contributed by atoms with Crippen molar-refractivity contribution in [3.8, 4) is 0 Å². The third-order valence-corrected chi connectivity index (χ3v) is 8.28. The molecule has 8 nitrogen and oxygen atoms in total. The van der Waals surface area contributed by atoms with Gasteiger partial charge in [-0.2, -0.15) is 0 Å². The molecule has 1 aliphatic heterocycles. The molecular weight excluding hydrogens is 372 g/mol. The monoisotopic (exact) mass is 398 g/mol. The van der Waals surface area contributed by atoms with Gasteiger partial charge in [-0.3, -0.25) is 14.4 Å². The number of rotatable bonds is 3. The van der Waals surface area contributed by atoms with Crippen LogP contribution in [0.5, 0.6) is 0 Å². The summed E-state index contributed by atoms with van der Waals surface area (Å²) in [5, 5.41) is 10.6. The molecule has 154 valence electrons. The molecule has 3 amide bonds. The molecule has 6 fully saturated rings. The summed E-state index contributed by atoms with van der Waals surface area (Å²) in [5.41, 5.74) is -0.349. The van der Waals surface area contributed by atoms with Gasteiger partial charge in [-0.25, -0.2) is 9.53 Å². The summed E-state index contributed by atoms with van der Waals surface area (Å²) in [5.74, 6) is 1.01. The van der Waals surface area contributed by atoms with Gasteiger partial charge in [-0.05, 0) is 79.4 Å². The summed E-state index contributed by atoms with van der Waals surface area (Å²) >= 11 is 0. The van der Waals surface area contributed by atoms with Gasteiger partial charge in [0.15, 0.2) is 0 Å². The highest BCUT2D eigenvalue weighted by molar-refractivity contribution is 6.23. The first-order valence-corrected chi connectivity index (χ1v) is 11.1. The van der Waals surface area contributed by atoms with Gasteiger partial charge < -0.3 is 5.32 Å². The smallest absolute Gasteiger partial charge is 0.239 e. The first-order valence-electron chi connectivity index (χ1n) is 11.1. The van der Waals surface area contributed by atoms with Gasteiger partial charge in [0, 0.05) is 0 Å². The summed E-state index contributed by atoms with van der Waals surface area (Å²) in [6, 6.07) is 0. The minimum atomic E-state index is -0.349. The Balaban J connectivity index is 1.26. The van der Waals surface area contributed by atoms with E-state index < -0.39 is 0 Å². The number of hydrogen-bond donors (Lipinski definition) is 1. The van der Waals surface area contributed by atoms with E-state index in [-0.39, 0.29) is 46.6 Å². The van der Waals surface area contributed by atoms with Crippen molar-refractivity contribution in [2.24, 2.45) is 35.0 Å². The average molecular weight is 398 g/mol. The van der Waals surface area contributed by atoms with Gasteiger partial charge >= 0.3 is 0 Å². The molecule has 2 heterocycles. The first-order chi connectivity index (χ1) is 14.0. The van der Waals surface area contributed by atoms with E-state index in [4.69, 9.17) is 4.63 Å². The van der Waals surface area contributed by atoms with Crippen LogP contribution in [0.2, 0.25) is 0 Å². The van der Waals surface area contributed by atoms with Crippen LogP contribution in [0.1, 0.15) is 64.2 Å². The largest absolute Gasteiger partial charge is 0.304 e. The maximum atomic E-state index is 13.3. The second-order valence-corrected chi connectivity index (χ2v) is 10.1. The van der Waals surface area contributed by atoms with Crippen molar-refractivity contribution in [2.75, 3.05) is 10.2 Å². The quantitative estimate of drug-likeness (QED) is 0.785. The van der Waals surface area contributed by atoms with Gasteiger partial charge in [0.1, 0.15) is 0 Å². The van der Waals surface area contributed by atoms with Gasteiger partial charge in [-0.1, -0.05) is 12.8 Å². The number of hydrogen-bond acceptors (Lipinski definition) is 6. The number of imide groups is 1. The van der Waals surface area contributed by atoms with Crippen molar-refractivity contribution in [3.05, 3.63) is 0 Å². The Morgan fingerprint density at radius 3 is 2.03 bits per heavy atom. The molecule has 6 aliphatic rings. The van der Waals surface area contributed by atoms with Crippen molar-refractivity contribution in [3.63, 3.8) is 0 Å². The minimum Gasteiger partial charge on any atom is -0.304 e. The third-order valence-electron chi connectivity index (χ3n) is 8.28. The number of anilines is 2. The molecule has 2 atom stereocenters. The standard InChI is InChI=1S/C21H26N4O4/c26-18-14-3-1-2-4-15(14)19(27)25(18)17-16(23-29-24-17)22-20(28)21-8-11-5-12(9-21)7-13(6-11)10-21/h11-15H,1-10H2,(H,22,23,28)/t11?,12?,13?,14-,15+,21?. The highest BCUT2D eigenvalue weighted by Gasteiger charge is 2.55. The lowest BCUT2D eigenvalue weighted by Crippen LogP contribution is -2.51. The Kier molecular flexibility index (Phi) is 3.72. The van der Waals surface area contributed by atoms with Crippen molar-refractivity contribution in [1.82, 2.24) is 10.3 Å². The van der Waals surface area contributed by atoms with E-state index in [2.05, 4.69) is 15.6 Å². The maximum absolute atomic E-state index is 13.3. The van der Waals surface area contributed by atoms with Crippen LogP contribution >= 0.6 is 0 Å². The van der Waals surface area contributed by atoms with Crippen molar-refractivity contribution < 1.29 is 19.0 Å². The number of amides is 3. The van der Waals surface area contributed by atoms with Crippen molar-refractivity contribution in [1.29, 1.82) is 0 Å². The highest BCUT2D eigenvalue weighted by atomic mass is 16.6. The van der Waals surface area contributed by atoms with Crippen molar-refractivity contribution >= 4 is 29.4 Å². The highest BCUT2D eigenvalue weighted by Crippen LogP contribution is 2.60. The van der Waals surface area contributed by atoms with Crippen LogP contribution in [-0.4, -0.2) is 28.0 Å². The van der Waals surface area contributed by atoms with Crippen LogP contribution in [0.4, 0.5) is 11.6 Å². The number of nitrogens with one attached hydrogen (secondary N) is 1. The second-order valence-electron chi connectivity index (χ2n) is 10.1. The molecule has 1 aromatic heterocycles. The molecule has 7 rings (SSSR count). The first kappa shape index (κ1) is 17.6. The fourth-order valence-electron chi connectivity index (χ4n) is 7.41. The van der Waals surface area contributed by atoms with Crippen LogP contribution in [0.3, 0.4) is 0 Å². The van der Waals surface area contributed by atoms with E-state index in [1.165, 1.54) is 19.3 Å². The van der Waals surface area contributed by atoms with Gasteiger partial charge in [-0.15, -0.1) is 0 Å². The Bertz CT molecular complexity index is 834. The Morgan fingerprint density at radius 1 is 0.931 bits per heavy atom. The second kappa shape index (κ2) is 6.12. The zero-order valence-electron chi connectivity index (χ0n) is 16.4. The molecule has 1 aromatic rings. The van der Waals surface area contributed by atoms with Crippen LogP contribution in [0.15, 0.2) is 4.63 Å². The summed E-state index contributed by atoms with van der Waals surface area (Å²) in [6.45, 7) is 0. The number of carbonyl (C=O) groups excluding carboxylic acids is 3. The predicted molar refractivity (Wildman–Crippen MR) is 101 cm³/mol. The van der Waals surface area contributed by atoms with Crippen molar-refractivity contribution in [2.45, 2.75) is 64.2 Å². The van der Waals surface area contributed by atoms with E-state index >= 15 is 0 Å². The lowest BCUT2D eigenvalue weighted by molar-refractivity contribution is -0.140. The number of carbonyl (C=O) groups is 3. The van der Waals surface area contributed by atoms with E-state index in [1.54, 1.807) is 0 Å². The summed E-state index contributed by atoms with van der Waals surface area (Å²) < 4.78 is 4.87. The molecule has 0 unspecified atom stereocenters. The lowest BCUT2D eigenvalue weighted by atomic mass is 9.49. The molecule has 4 bridgehead atoms. The van der Waals surface area contributed by atoms with Gasteiger partial charge in [0.25, 0.3) is 0 Å². The zero-order chi connectivity index (χ0) is 19.8. The molecule has 8 heteroatoms. The number of aromatic nitrogens is 2. The fourth-order valence-corrected chi connectivity index (χ4v) is 7.41. The average Bonchev–Trinajstić information content (AvgIpc) is 3.23. The minimum absolute atomic E-state index is 0.0486. The molecule has 0 spiro atoms. The molecule has 5 saturated carbocycles. The lowest BCUT2D eigenvalue weighted by Gasteiger charge is -2.55. The van der Waals surface area contributed by atoms with Gasteiger partial charge in [0.2, 0.25) is 29.4 Å². The normalized spacial score (nSPS) is 40.4. The zero-order valence-corrected chi connectivity index (χ0v) is 16.4. The SMILES string of the molecule is O=C1[C@H]2CCCC[C@H]2C(=O)N1c1nonc1NC(=O)C12CC3CC(CC(C3)C1)C2. The molecule has 0 radical (unpaired) electrons. The Hall–Kier alpha value is -2.25. The van der Waals surface area contributed by atoms with E-state index in [1.807, 2.05) is 0 Å². The fraction of sp³-hybridized carbons (Fsp3) is 0.762.